The Bertz CT molecular complexity index is 1280. The number of rotatable bonds is 8. The lowest BCUT2D eigenvalue weighted by Gasteiger charge is -2.36. The van der Waals surface area contributed by atoms with Crippen LogP contribution in [-0.2, 0) is 9.53 Å². The van der Waals surface area contributed by atoms with Crippen LogP contribution < -0.4 is 10.1 Å². The molecule has 2 aromatic rings. The number of anilines is 1. The third-order valence-electron chi connectivity index (χ3n) is 7.79. The molecule has 0 spiro atoms. The molecule has 2 aromatic carbocycles. The molecule has 248 valence electrons. The molecule has 9 nitrogen and oxygen atoms in total. The average molecular weight is 636 g/mol. The molecule has 2 N–H and O–H groups in total. The molecule has 0 saturated heterocycles. The number of hydrogen-bond donors (Lipinski definition) is 2. The number of carbonyl (C=O) groups excluding carboxylic acids is 3. The van der Waals surface area contributed by atoms with Gasteiger partial charge in [0.05, 0.1) is 36.8 Å². The van der Waals surface area contributed by atoms with Crippen LogP contribution in [0.3, 0.4) is 0 Å². The van der Waals surface area contributed by atoms with Crippen molar-refractivity contribution >= 4 is 23.4 Å². The molecule has 12 heteroatoms. The largest absolute Gasteiger partial charge is 0.490 e. The second-order valence-corrected chi connectivity index (χ2v) is 11.7. The van der Waals surface area contributed by atoms with E-state index in [4.69, 9.17) is 9.47 Å². The number of carbonyl (C=O) groups is 3. The van der Waals surface area contributed by atoms with Gasteiger partial charge in [-0.05, 0) is 63.4 Å². The van der Waals surface area contributed by atoms with E-state index in [2.05, 4.69) is 5.32 Å². The van der Waals surface area contributed by atoms with Crippen molar-refractivity contribution in [1.82, 2.24) is 9.80 Å². The molecule has 4 atom stereocenters. The van der Waals surface area contributed by atoms with Gasteiger partial charge in [-0.15, -0.1) is 0 Å². The number of likely N-dealkylation sites (N-methyl/N-ethyl adjacent to an activating group) is 1. The molecule has 0 radical (unpaired) electrons. The number of aliphatic hydroxyl groups is 1. The number of nitrogens with one attached hydrogen (secondary N) is 1. The molecule has 0 saturated carbocycles. The summed E-state index contributed by atoms with van der Waals surface area (Å²) < 4.78 is 50.4. The van der Waals surface area contributed by atoms with Gasteiger partial charge in [-0.3, -0.25) is 14.4 Å². The first-order valence-corrected chi connectivity index (χ1v) is 15.3. The van der Waals surface area contributed by atoms with Crippen LogP contribution in [0.5, 0.6) is 5.75 Å². The molecule has 0 bridgehead atoms. The summed E-state index contributed by atoms with van der Waals surface area (Å²) in [6.45, 7) is 6.03. The normalized spacial score (nSPS) is 20.8. The Morgan fingerprint density at radius 2 is 1.84 bits per heavy atom. The fourth-order valence-electron chi connectivity index (χ4n) is 5.10. The molecule has 0 aromatic heterocycles. The van der Waals surface area contributed by atoms with E-state index in [1.54, 1.807) is 43.1 Å². The van der Waals surface area contributed by atoms with Crippen molar-refractivity contribution in [2.75, 3.05) is 38.7 Å². The zero-order valence-corrected chi connectivity index (χ0v) is 26.3. The van der Waals surface area contributed by atoms with Crippen molar-refractivity contribution in [3.63, 3.8) is 0 Å². The summed E-state index contributed by atoms with van der Waals surface area (Å²) in [6, 6.07) is 12.7. The van der Waals surface area contributed by atoms with Crippen LogP contribution in [0.4, 0.5) is 18.9 Å². The fourth-order valence-corrected chi connectivity index (χ4v) is 5.10. The van der Waals surface area contributed by atoms with Gasteiger partial charge < -0.3 is 29.7 Å². The Labute approximate surface area is 262 Å². The summed E-state index contributed by atoms with van der Waals surface area (Å²) in [5.74, 6) is -1.49. The first-order valence-electron chi connectivity index (χ1n) is 15.3. The second-order valence-electron chi connectivity index (χ2n) is 11.7. The summed E-state index contributed by atoms with van der Waals surface area (Å²) in [6.07, 6.45) is -5.01. The standard InChI is InChI=1S/C33H44F3N3O6/c1-22-19-39(23(2)21-40)32(43)27-18-26(37-30(41)15-16-33(34,35)36)13-14-28(27)45-24(3)10-8-9-17-44-29(22)20-38(4)31(42)25-11-6-5-7-12-25/h5-7,11-14,18,22-24,29,40H,8-10,15-17,19-21H2,1-4H3,(H,37,41)/t22-,23+,24-,29+/m0/s1. The van der Waals surface area contributed by atoms with Gasteiger partial charge in [0, 0.05) is 50.3 Å². The van der Waals surface area contributed by atoms with E-state index in [1.165, 1.54) is 23.1 Å². The number of aliphatic hydroxyl groups excluding tert-OH is 1. The van der Waals surface area contributed by atoms with Crippen LogP contribution in [-0.4, -0.2) is 90.4 Å². The quantitative estimate of drug-likeness (QED) is 0.395. The third-order valence-corrected chi connectivity index (χ3v) is 7.79. The lowest BCUT2D eigenvalue weighted by atomic mass is 10.0. The van der Waals surface area contributed by atoms with Gasteiger partial charge >= 0.3 is 6.18 Å². The number of ether oxygens (including phenoxy) is 2. The molecule has 0 unspecified atom stereocenters. The van der Waals surface area contributed by atoms with Crippen molar-refractivity contribution < 1.29 is 42.1 Å². The Morgan fingerprint density at radius 1 is 1.13 bits per heavy atom. The summed E-state index contributed by atoms with van der Waals surface area (Å²) in [7, 11) is 1.70. The molecule has 1 heterocycles. The highest BCUT2D eigenvalue weighted by molar-refractivity contribution is 5.99. The minimum Gasteiger partial charge on any atom is -0.490 e. The number of alkyl halides is 3. The van der Waals surface area contributed by atoms with E-state index in [-0.39, 0.29) is 54.6 Å². The van der Waals surface area contributed by atoms with Gasteiger partial charge in [-0.2, -0.15) is 13.2 Å². The van der Waals surface area contributed by atoms with E-state index in [1.807, 2.05) is 19.9 Å². The maximum Gasteiger partial charge on any atom is 0.389 e. The molecular formula is C33H44F3N3O6. The van der Waals surface area contributed by atoms with Crippen molar-refractivity contribution in [1.29, 1.82) is 0 Å². The van der Waals surface area contributed by atoms with Gasteiger partial charge in [0.25, 0.3) is 11.8 Å². The topological polar surface area (TPSA) is 108 Å². The first kappa shape index (κ1) is 35.8. The van der Waals surface area contributed by atoms with E-state index < -0.39 is 43.0 Å². The Kier molecular flexibility index (Phi) is 13.2. The van der Waals surface area contributed by atoms with E-state index in [0.29, 0.717) is 18.6 Å². The number of hydrogen-bond acceptors (Lipinski definition) is 6. The highest BCUT2D eigenvalue weighted by Gasteiger charge is 2.32. The molecule has 0 aliphatic carbocycles. The third kappa shape index (κ3) is 11.0. The maximum atomic E-state index is 14.1. The summed E-state index contributed by atoms with van der Waals surface area (Å²) in [4.78, 5) is 42.6. The lowest BCUT2D eigenvalue weighted by molar-refractivity contribution is -0.142. The van der Waals surface area contributed by atoms with Crippen LogP contribution in [0.1, 0.15) is 73.6 Å². The predicted molar refractivity (Wildman–Crippen MR) is 164 cm³/mol. The van der Waals surface area contributed by atoms with Crippen LogP contribution in [0.25, 0.3) is 0 Å². The molecule has 1 aliphatic rings. The first-order chi connectivity index (χ1) is 21.3. The van der Waals surface area contributed by atoms with E-state index in [9.17, 15) is 32.7 Å². The van der Waals surface area contributed by atoms with Gasteiger partial charge in [0.1, 0.15) is 5.75 Å². The lowest BCUT2D eigenvalue weighted by Crippen LogP contribution is -2.48. The van der Waals surface area contributed by atoms with Crippen molar-refractivity contribution in [2.45, 2.75) is 77.3 Å². The van der Waals surface area contributed by atoms with Crippen LogP contribution in [0.15, 0.2) is 48.5 Å². The maximum absolute atomic E-state index is 14.1. The van der Waals surface area contributed by atoms with Crippen LogP contribution in [0.2, 0.25) is 0 Å². The van der Waals surface area contributed by atoms with E-state index >= 15 is 0 Å². The monoisotopic (exact) mass is 635 g/mol. The van der Waals surface area contributed by atoms with Crippen LogP contribution in [0, 0.1) is 5.92 Å². The molecule has 45 heavy (non-hydrogen) atoms. The minimum atomic E-state index is -4.47. The minimum absolute atomic E-state index is 0.105. The van der Waals surface area contributed by atoms with Crippen LogP contribution >= 0.6 is 0 Å². The Hall–Kier alpha value is -3.64. The molecule has 0 fully saturated rings. The SMILES string of the molecule is C[C@H](CO)N1C[C@H](C)[C@@H](CN(C)C(=O)c2ccccc2)OCCCC[C@H](C)Oc2ccc(NC(=O)CCC(F)(F)F)cc2C1=O. The van der Waals surface area contributed by atoms with Gasteiger partial charge in [-0.1, -0.05) is 25.1 Å². The van der Waals surface area contributed by atoms with Gasteiger partial charge in [-0.25, -0.2) is 0 Å². The number of benzene rings is 2. The highest BCUT2D eigenvalue weighted by atomic mass is 19.4. The molecular weight excluding hydrogens is 591 g/mol. The number of fused-ring (bicyclic) bond motifs is 1. The van der Waals surface area contributed by atoms with Gasteiger partial charge in [0.2, 0.25) is 5.91 Å². The van der Waals surface area contributed by atoms with Crippen molar-refractivity contribution in [3.8, 4) is 5.75 Å². The smallest absolute Gasteiger partial charge is 0.389 e. The number of amides is 3. The van der Waals surface area contributed by atoms with Crippen molar-refractivity contribution in [3.05, 3.63) is 59.7 Å². The Morgan fingerprint density at radius 3 is 2.51 bits per heavy atom. The number of halogens is 3. The second kappa shape index (κ2) is 16.6. The van der Waals surface area contributed by atoms with Crippen molar-refractivity contribution in [2.24, 2.45) is 5.92 Å². The highest BCUT2D eigenvalue weighted by Crippen LogP contribution is 2.29. The average Bonchev–Trinajstić information content (AvgIpc) is 3.01. The molecule has 1 aliphatic heterocycles. The zero-order valence-electron chi connectivity index (χ0n) is 26.3. The van der Waals surface area contributed by atoms with Gasteiger partial charge in [0.15, 0.2) is 0 Å². The Balaban J connectivity index is 1.91. The fraction of sp³-hybridized carbons (Fsp3) is 0.545. The van der Waals surface area contributed by atoms with E-state index in [0.717, 1.165) is 12.8 Å². The summed E-state index contributed by atoms with van der Waals surface area (Å²) in [5, 5.41) is 12.6. The predicted octanol–water partition coefficient (Wildman–Crippen LogP) is 5.54. The molecule has 3 amide bonds. The molecule has 3 rings (SSSR count). The summed E-state index contributed by atoms with van der Waals surface area (Å²) in [5.41, 5.74) is 0.804. The summed E-state index contributed by atoms with van der Waals surface area (Å²) >= 11 is 0. The number of nitrogens with zero attached hydrogens (tertiary/aromatic N) is 2. The zero-order chi connectivity index (χ0) is 33.1.